The summed E-state index contributed by atoms with van der Waals surface area (Å²) in [5.74, 6) is 0. The van der Waals surface area contributed by atoms with Gasteiger partial charge in [-0.15, -0.1) is 0 Å². The Morgan fingerprint density at radius 2 is 1.78 bits per heavy atom. The number of rotatable bonds is 3. The van der Waals surface area contributed by atoms with Crippen LogP contribution in [0.2, 0.25) is 4.44 Å². The van der Waals surface area contributed by atoms with Crippen LogP contribution in [-0.4, -0.2) is 15.0 Å². The van der Waals surface area contributed by atoms with Crippen molar-refractivity contribution in [3.63, 3.8) is 0 Å². The molecule has 0 aromatic heterocycles. The van der Waals surface area contributed by atoms with E-state index >= 15 is 0 Å². The summed E-state index contributed by atoms with van der Waals surface area (Å²) in [4.78, 5) is 0. The molecule has 0 rings (SSSR count). The molecule has 0 amide bonds. The molecule has 9 heavy (non-hydrogen) atoms. The number of halogens is 3. The van der Waals surface area contributed by atoms with Gasteiger partial charge in [0, 0.05) is 0 Å². The van der Waals surface area contributed by atoms with E-state index in [1.165, 1.54) is 0 Å². The first kappa shape index (κ1) is 14.2. The SMILES string of the molecule is CCC[CH2][Sn]([Cl])([Cl])[Cl].[H-].[Na+]. The zero-order chi connectivity index (χ0) is 6.62. The van der Waals surface area contributed by atoms with Crippen LogP contribution in [0.3, 0.4) is 0 Å². The van der Waals surface area contributed by atoms with Crippen LogP contribution in [0.5, 0.6) is 0 Å². The first-order chi connectivity index (χ1) is 3.56. The van der Waals surface area contributed by atoms with Gasteiger partial charge in [0.25, 0.3) is 0 Å². The molecule has 0 radical (unpaired) electrons. The summed E-state index contributed by atoms with van der Waals surface area (Å²) >= 11 is -2.89. The minimum atomic E-state index is -2.89. The summed E-state index contributed by atoms with van der Waals surface area (Å²) < 4.78 is 0.871. The van der Waals surface area contributed by atoms with Crippen LogP contribution in [0.4, 0.5) is 0 Å². The minimum Gasteiger partial charge on any atom is -1.00 e. The Morgan fingerprint density at radius 3 is 1.89 bits per heavy atom. The molecule has 0 spiro atoms. The van der Waals surface area contributed by atoms with Gasteiger partial charge in [0.15, 0.2) is 0 Å². The van der Waals surface area contributed by atoms with Crippen LogP contribution >= 0.6 is 26.8 Å². The van der Waals surface area contributed by atoms with Crippen molar-refractivity contribution in [1.82, 2.24) is 0 Å². The van der Waals surface area contributed by atoms with Gasteiger partial charge in [-0.3, -0.25) is 0 Å². The standard InChI is InChI=1S/C4H9.3ClH.Na.Sn.H/c1-3-4-2;;;;;;/h1,3-4H2,2H3;3*1H;;;/q;;;;+1;+3;-1/p-3. The Labute approximate surface area is 95.4 Å². The van der Waals surface area contributed by atoms with E-state index in [2.05, 4.69) is 6.92 Å². The van der Waals surface area contributed by atoms with Gasteiger partial charge in [-0.25, -0.2) is 0 Å². The molecule has 0 N–H and O–H groups in total. The number of hydrogen-bond donors (Lipinski definition) is 0. The van der Waals surface area contributed by atoms with Crippen molar-refractivity contribution in [2.45, 2.75) is 24.2 Å². The Bertz CT molecular complexity index is 68.0. The van der Waals surface area contributed by atoms with E-state index in [1.807, 2.05) is 0 Å². The molecule has 52 valence electrons. The van der Waals surface area contributed by atoms with Gasteiger partial charge in [-0.1, -0.05) is 0 Å². The van der Waals surface area contributed by atoms with Crippen molar-refractivity contribution in [2.75, 3.05) is 0 Å². The number of unbranched alkanes of at least 4 members (excludes halogenated alkanes) is 1. The van der Waals surface area contributed by atoms with Gasteiger partial charge in [0.1, 0.15) is 0 Å². The van der Waals surface area contributed by atoms with Gasteiger partial charge in [-0.2, -0.15) is 0 Å². The fourth-order valence-electron chi connectivity index (χ4n) is 0.377. The molecular formula is C4H10Cl3NaSn. The molecule has 5 heteroatoms. The largest absolute Gasteiger partial charge is 1.00 e. The first-order valence-corrected chi connectivity index (χ1v) is 15.5. The van der Waals surface area contributed by atoms with Crippen molar-refractivity contribution < 1.29 is 31.0 Å². The third-order valence-corrected chi connectivity index (χ3v) is 7.24. The molecule has 0 saturated carbocycles. The molecular weight excluding hydrogens is 296 g/mol. The van der Waals surface area contributed by atoms with Crippen molar-refractivity contribution >= 4 is 41.8 Å². The molecule has 0 aliphatic rings. The van der Waals surface area contributed by atoms with Gasteiger partial charge in [-0.05, 0) is 0 Å². The van der Waals surface area contributed by atoms with E-state index in [-0.39, 0.29) is 31.0 Å². The fraction of sp³-hybridized carbons (Fsp3) is 1.00. The molecule has 0 aliphatic heterocycles. The monoisotopic (exact) mass is 306 g/mol. The van der Waals surface area contributed by atoms with Crippen LogP contribution in [0.15, 0.2) is 0 Å². The van der Waals surface area contributed by atoms with Crippen molar-refractivity contribution in [2.24, 2.45) is 0 Å². The predicted molar refractivity (Wildman–Crippen MR) is 44.1 cm³/mol. The first-order valence-electron chi connectivity index (χ1n) is 2.63. The number of hydrogen-bond acceptors (Lipinski definition) is 0. The van der Waals surface area contributed by atoms with Crippen LogP contribution in [0.25, 0.3) is 0 Å². The van der Waals surface area contributed by atoms with E-state index in [0.717, 1.165) is 17.3 Å². The Kier molecular flexibility index (Phi) is 11.6. The second-order valence-electron chi connectivity index (χ2n) is 1.72. The quantitative estimate of drug-likeness (QED) is 0.669. The molecule has 0 atom stereocenters. The van der Waals surface area contributed by atoms with Crippen molar-refractivity contribution in [3.8, 4) is 0 Å². The predicted octanol–water partition coefficient (Wildman–Crippen LogP) is 0.558. The van der Waals surface area contributed by atoms with E-state index in [1.54, 1.807) is 0 Å². The summed E-state index contributed by atoms with van der Waals surface area (Å²) in [6.45, 7) is 2.10. The van der Waals surface area contributed by atoms with E-state index in [0.29, 0.717) is 0 Å². The summed E-state index contributed by atoms with van der Waals surface area (Å²) in [6, 6.07) is 0. The van der Waals surface area contributed by atoms with Gasteiger partial charge >= 0.3 is 95.5 Å². The second kappa shape index (κ2) is 7.32. The smallest absolute Gasteiger partial charge is 1.00 e. The fourth-order valence-corrected chi connectivity index (χ4v) is 5.22. The third kappa shape index (κ3) is 13.6. The van der Waals surface area contributed by atoms with Gasteiger partial charge < -0.3 is 1.43 Å². The normalized spacial score (nSPS) is 10.7. The Morgan fingerprint density at radius 1 is 1.33 bits per heavy atom. The maximum atomic E-state index is 5.65. The summed E-state index contributed by atoms with van der Waals surface area (Å²) in [5, 5.41) is 0. The zero-order valence-corrected chi connectivity index (χ0v) is 12.9. The summed E-state index contributed by atoms with van der Waals surface area (Å²) in [5.41, 5.74) is 0. The summed E-state index contributed by atoms with van der Waals surface area (Å²) in [6.07, 6.45) is 2.21. The third-order valence-electron chi connectivity index (χ3n) is 0.814. The molecule has 0 nitrogen and oxygen atoms in total. The van der Waals surface area contributed by atoms with Crippen LogP contribution in [0, 0.1) is 0 Å². The molecule has 0 aromatic rings. The second-order valence-corrected chi connectivity index (χ2v) is 23.5. The Hall–Kier alpha value is 2.67. The van der Waals surface area contributed by atoms with Crippen LogP contribution in [0.1, 0.15) is 21.2 Å². The molecule has 0 aliphatic carbocycles. The van der Waals surface area contributed by atoms with Crippen LogP contribution in [-0.2, 0) is 0 Å². The van der Waals surface area contributed by atoms with Crippen molar-refractivity contribution in [3.05, 3.63) is 0 Å². The zero-order valence-electron chi connectivity index (χ0n) is 6.76. The molecule has 0 unspecified atom stereocenters. The molecule has 0 aromatic carbocycles. The van der Waals surface area contributed by atoms with E-state index < -0.39 is 15.0 Å². The molecule has 0 fully saturated rings. The summed E-state index contributed by atoms with van der Waals surface area (Å²) in [7, 11) is 17.0. The molecule has 0 saturated heterocycles. The van der Waals surface area contributed by atoms with Gasteiger partial charge in [0.2, 0.25) is 0 Å². The molecule has 0 heterocycles. The minimum absolute atomic E-state index is 0. The van der Waals surface area contributed by atoms with Crippen molar-refractivity contribution in [1.29, 1.82) is 0 Å². The van der Waals surface area contributed by atoms with Gasteiger partial charge in [0.05, 0.1) is 0 Å². The van der Waals surface area contributed by atoms with Crippen LogP contribution < -0.4 is 29.6 Å². The Balaban J connectivity index is -0.000000245. The average Bonchev–Trinajstić information content (AvgIpc) is 1.59. The average molecular weight is 306 g/mol. The molecule has 0 bridgehead atoms. The van der Waals surface area contributed by atoms with E-state index in [9.17, 15) is 0 Å². The maximum absolute atomic E-state index is 5.65. The van der Waals surface area contributed by atoms with E-state index in [4.69, 9.17) is 26.8 Å². The maximum Gasteiger partial charge on any atom is 1.00 e. The topological polar surface area (TPSA) is 0 Å².